The maximum atomic E-state index is 8.58. The molecule has 5 aromatic carbocycles. The van der Waals surface area contributed by atoms with E-state index in [4.69, 9.17) is 30.8 Å². The summed E-state index contributed by atoms with van der Waals surface area (Å²) in [4.78, 5) is 0. The Balaban J connectivity index is 0.000000152. The summed E-state index contributed by atoms with van der Waals surface area (Å²) in [7, 11) is 3.29. The number of aromatic nitrogens is 4. The highest BCUT2D eigenvalue weighted by Gasteiger charge is 2.15. The molecule has 4 aromatic heterocycles. The Hall–Kier alpha value is -7.97. The van der Waals surface area contributed by atoms with Crippen molar-refractivity contribution in [2.24, 2.45) is 10.3 Å². The van der Waals surface area contributed by atoms with Crippen LogP contribution in [0.4, 0.5) is 0 Å². The van der Waals surface area contributed by atoms with Crippen LogP contribution in [0.3, 0.4) is 0 Å². The van der Waals surface area contributed by atoms with Crippen LogP contribution in [0.2, 0.25) is 0 Å². The maximum Gasteiger partial charge on any atom is 0.167 e. The van der Waals surface area contributed by atoms with Gasteiger partial charge in [0.1, 0.15) is 17.2 Å². The van der Waals surface area contributed by atoms with Crippen molar-refractivity contribution in [3.05, 3.63) is 161 Å². The predicted octanol–water partition coefficient (Wildman–Crippen LogP) is 12.5. The van der Waals surface area contributed by atoms with Gasteiger partial charge < -0.3 is 38.1 Å². The topological polar surface area (TPSA) is 124 Å². The highest BCUT2D eigenvalue weighted by atomic mass is 16.5. The van der Waals surface area contributed by atoms with Crippen LogP contribution >= 0.6 is 0 Å². The van der Waals surface area contributed by atoms with E-state index in [0.29, 0.717) is 0 Å². The lowest BCUT2D eigenvalue weighted by Gasteiger charge is -2.00. The lowest BCUT2D eigenvalue weighted by atomic mass is 10.1. The van der Waals surface area contributed by atoms with Gasteiger partial charge in [-0.05, 0) is 125 Å². The van der Waals surface area contributed by atoms with E-state index < -0.39 is 0 Å². The van der Waals surface area contributed by atoms with Gasteiger partial charge in [0.05, 0.1) is 26.6 Å². The van der Waals surface area contributed by atoms with Crippen molar-refractivity contribution in [3.63, 3.8) is 0 Å². The molecule has 0 aliphatic rings. The number of ether oxygens (including phenoxy) is 2. The summed E-state index contributed by atoms with van der Waals surface area (Å²) in [5.41, 5.74) is 13.1. The Bertz CT molecular complexity index is 2990. The number of fused-ring (bicyclic) bond motifs is 3. The third kappa shape index (κ3) is 11.0. The second-order valence-corrected chi connectivity index (χ2v) is 15.3. The summed E-state index contributed by atoms with van der Waals surface area (Å²) < 4.78 is 22.3. The van der Waals surface area contributed by atoms with E-state index in [1.807, 2.05) is 67.0 Å². The standard InChI is InChI=1S/C21H20N2O2.2C12H14N2O.C9H8O/c1-4-23-13-18(17-10-5-14(2)11-20(17)23)19-12-21(25-22-19)15-6-8-16(24-3)9-7-15;2*1-3-14-8-10(7-13-15)11-5-4-9(2)6-12(11)14;1-3-8-4-6-9(10-2)7-5-8/h5-13H,4H2,1-3H3;2*4-8,15H,3H2,1-2H3;1,4-7H,2H3/b;2*13-7-;. The predicted molar refractivity (Wildman–Crippen MR) is 264 cm³/mol. The van der Waals surface area contributed by atoms with E-state index in [9.17, 15) is 0 Å². The van der Waals surface area contributed by atoms with Crippen LogP contribution in [0.25, 0.3) is 55.3 Å². The molecule has 0 amide bonds. The average Bonchev–Trinajstić information content (AvgIpc) is 4.13. The van der Waals surface area contributed by atoms with Crippen LogP contribution in [0, 0.1) is 33.1 Å². The molecule has 0 aliphatic carbocycles. The molecular formula is C54H56N6O5. The molecule has 11 nitrogen and oxygen atoms in total. The van der Waals surface area contributed by atoms with E-state index in [0.717, 1.165) is 81.2 Å². The van der Waals surface area contributed by atoms with Crippen LogP contribution < -0.4 is 9.47 Å². The number of benzene rings is 5. The minimum absolute atomic E-state index is 0.752. The van der Waals surface area contributed by atoms with Crippen molar-refractivity contribution in [3.8, 4) is 46.4 Å². The quantitative estimate of drug-likeness (QED) is 0.0644. The highest BCUT2D eigenvalue weighted by molar-refractivity contribution is 6.00. The monoisotopic (exact) mass is 868 g/mol. The summed E-state index contributed by atoms with van der Waals surface area (Å²) in [6.07, 6.45) is 14.3. The van der Waals surface area contributed by atoms with Crippen LogP contribution in [0.1, 0.15) is 54.2 Å². The Kier molecular flexibility index (Phi) is 15.7. The van der Waals surface area contributed by atoms with E-state index in [-0.39, 0.29) is 0 Å². The SMILES string of the molecule is C#Cc1ccc(OC)cc1.CCn1cc(-c2cc(-c3ccc(OC)cc3)on2)c2ccc(C)cc21.CCn1cc(/C=N\O)c2ccc(C)cc21.CCn1cc(/C=N\O)c2ccc(C)cc21. The highest BCUT2D eigenvalue weighted by Crippen LogP contribution is 2.34. The summed E-state index contributed by atoms with van der Waals surface area (Å²) in [6.45, 7) is 15.4. The van der Waals surface area contributed by atoms with E-state index in [1.165, 1.54) is 51.1 Å². The van der Waals surface area contributed by atoms with Crippen LogP contribution in [0.15, 0.2) is 143 Å². The van der Waals surface area contributed by atoms with Crippen molar-refractivity contribution in [1.29, 1.82) is 0 Å². The van der Waals surface area contributed by atoms with Crippen molar-refractivity contribution in [2.75, 3.05) is 14.2 Å². The van der Waals surface area contributed by atoms with Gasteiger partial charge in [0.2, 0.25) is 0 Å². The van der Waals surface area contributed by atoms with Crippen LogP contribution in [-0.4, -0.2) is 55.9 Å². The van der Waals surface area contributed by atoms with Gasteiger partial charge in [-0.25, -0.2) is 0 Å². The Morgan fingerprint density at radius 1 is 0.600 bits per heavy atom. The molecule has 0 unspecified atom stereocenters. The minimum Gasteiger partial charge on any atom is -0.497 e. The number of oxime groups is 2. The first-order valence-corrected chi connectivity index (χ1v) is 21.4. The summed E-state index contributed by atoms with van der Waals surface area (Å²) in [5.74, 6) is 4.93. The van der Waals surface area contributed by atoms with E-state index >= 15 is 0 Å². The molecule has 11 heteroatoms. The molecule has 0 radical (unpaired) electrons. The molecule has 0 spiro atoms. The number of hydrogen-bond acceptors (Lipinski definition) is 8. The Labute approximate surface area is 380 Å². The van der Waals surface area contributed by atoms with E-state index in [1.54, 1.807) is 14.2 Å². The summed E-state index contributed by atoms with van der Waals surface area (Å²) in [5, 5.41) is 31.1. The molecule has 0 bridgehead atoms. The fraction of sp³-hybridized carbons (Fsp3) is 0.204. The van der Waals surface area contributed by atoms with Gasteiger partial charge in [-0.15, -0.1) is 6.42 Å². The number of nitrogens with zero attached hydrogens (tertiary/aromatic N) is 6. The molecule has 0 saturated carbocycles. The number of rotatable bonds is 9. The van der Waals surface area contributed by atoms with Crippen molar-refractivity contribution in [1.82, 2.24) is 18.9 Å². The molecule has 0 atom stereocenters. The number of hydrogen-bond donors (Lipinski definition) is 2. The van der Waals surface area contributed by atoms with E-state index in [2.05, 4.69) is 137 Å². The first kappa shape index (κ1) is 46.5. The van der Waals surface area contributed by atoms with Gasteiger partial charge in [-0.1, -0.05) is 57.8 Å². The molecule has 9 rings (SSSR count). The summed E-state index contributed by atoms with van der Waals surface area (Å²) >= 11 is 0. The third-order valence-corrected chi connectivity index (χ3v) is 11.0. The van der Waals surface area contributed by atoms with Gasteiger partial charge in [-0.3, -0.25) is 0 Å². The zero-order chi connectivity index (χ0) is 46.5. The van der Waals surface area contributed by atoms with Crippen molar-refractivity contribution >= 4 is 45.1 Å². The minimum atomic E-state index is 0.752. The van der Waals surface area contributed by atoms with Crippen molar-refractivity contribution in [2.45, 2.75) is 61.2 Å². The zero-order valence-electron chi connectivity index (χ0n) is 38.3. The van der Waals surface area contributed by atoms with Gasteiger partial charge in [0, 0.05) is 105 Å². The van der Waals surface area contributed by atoms with Gasteiger partial charge in [0.15, 0.2) is 5.76 Å². The Morgan fingerprint density at radius 2 is 1.03 bits per heavy atom. The Morgan fingerprint density at radius 3 is 1.46 bits per heavy atom. The molecule has 4 heterocycles. The smallest absolute Gasteiger partial charge is 0.167 e. The lowest BCUT2D eigenvalue weighted by molar-refractivity contribution is 0.321. The summed E-state index contributed by atoms with van der Waals surface area (Å²) in [6, 6.07) is 36.2. The average molecular weight is 869 g/mol. The number of aryl methyl sites for hydroxylation is 6. The normalized spacial score (nSPS) is 10.9. The van der Waals surface area contributed by atoms with Crippen LogP contribution in [0.5, 0.6) is 11.5 Å². The number of terminal acetylenes is 1. The van der Waals surface area contributed by atoms with Gasteiger partial charge in [-0.2, -0.15) is 0 Å². The zero-order valence-corrected chi connectivity index (χ0v) is 38.3. The molecule has 65 heavy (non-hydrogen) atoms. The van der Waals surface area contributed by atoms with Gasteiger partial charge >= 0.3 is 0 Å². The second-order valence-electron chi connectivity index (χ2n) is 15.3. The van der Waals surface area contributed by atoms with Gasteiger partial charge in [0.25, 0.3) is 0 Å². The fourth-order valence-corrected chi connectivity index (χ4v) is 7.56. The van der Waals surface area contributed by atoms with Crippen molar-refractivity contribution < 1.29 is 24.4 Å². The molecule has 0 fully saturated rings. The number of methoxy groups -OCH3 is 2. The molecule has 332 valence electrons. The first-order chi connectivity index (χ1) is 31.6. The molecule has 0 saturated heterocycles. The lowest BCUT2D eigenvalue weighted by Crippen LogP contribution is -1.90. The molecule has 9 aromatic rings. The largest absolute Gasteiger partial charge is 0.497 e. The van der Waals surface area contributed by atoms with Crippen LogP contribution in [-0.2, 0) is 19.6 Å². The second kappa shape index (κ2) is 21.9. The molecule has 2 N–H and O–H groups in total. The third-order valence-electron chi connectivity index (χ3n) is 11.0. The fourth-order valence-electron chi connectivity index (χ4n) is 7.56. The maximum absolute atomic E-state index is 8.58. The first-order valence-electron chi connectivity index (χ1n) is 21.4. The molecule has 0 aliphatic heterocycles. The molecular weight excluding hydrogens is 813 g/mol.